The molecule has 101 heavy (non-hydrogen) atoms. The molecule has 1 heterocycles. The molecule has 0 aromatic heterocycles. The highest BCUT2D eigenvalue weighted by Crippen LogP contribution is 2.64. The van der Waals surface area contributed by atoms with Crippen LogP contribution in [0.1, 0.15) is 200 Å². The maximum atomic E-state index is 16.7. The highest BCUT2D eigenvalue weighted by Gasteiger charge is 2.77. The van der Waals surface area contributed by atoms with Crippen LogP contribution in [0, 0.1) is 16.7 Å². The van der Waals surface area contributed by atoms with Gasteiger partial charge in [-0.05, 0) is 153 Å². The topological polar surface area (TPSA) is 231 Å². The molecule has 2 bridgehead atoms. The van der Waals surface area contributed by atoms with Crippen LogP contribution < -0.4 is 5.32 Å². The average molecular weight is 1390 g/mol. The molecule has 2 saturated carbocycles. The van der Waals surface area contributed by atoms with E-state index < -0.39 is 125 Å². The third-order valence-electron chi connectivity index (χ3n) is 19.0. The number of allylic oxidation sites excluding steroid dienone is 24. The van der Waals surface area contributed by atoms with Gasteiger partial charge in [0.15, 0.2) is 18.0 Å². The van der Waals surface area contributed by atoms with Crippen LogP contribution in [0.5, 0.6) is 0 Å². The molecular weight excluding hydrogens is 1270 g/mol. The number of alkyl carbamates (subject to hydrolysis) is 1. The van der Waals surface area contributed by atoms with Gasteiger partial charge in [0.2, 0.25) is 0 Å². The monoisotopic (exact) mass is 1390 g/mol. The molecule has 1 amide bonds. The lowest BCUT2D eigenvalue weighted by Crippen LogP contribution is -2.81. The summed E-state index contributed by atoms with van der Waals surface area (Å²) < 4.78 is 37.4. The Balaban J connectivity index is 1.30. The Morgan fingerprint density at radius 2 is 1.02 bits per heavy atom. The zero-order valence-corrected chi connectivity index (χ0v) is 60.9. The van der Waals surface area contributed by atoms with Gasteiger partial charge in [-0.15, -0.1) is 0 Å². The van der Waals surface area contributed by atoms with Gasteiger partial charge < -0.3 is 49.1 Å². The molecule has 4 aliphatic rings. The van der Waals surface area contributed by atoms with Crippen molar-refractivity contribution < 1.29 is 72.5 Å². The minimum absolute atomic E-state index is 0.0144. The van der Waals surface area contributed by atoms with E-state index in [1.807, 2.05) is 36.5 Å². The second-order valence-electron chi connectivity index (χ2n) is 27.9. The lowest BCUT2D eigenvalue weighted by molar-refractivity contribution is -0.344. The van der Waals surface area contributed by atoms with Crippen LogP contribution in [-0.4, -0.2) is 111 Å². The third-order valence-corrected chi connectivity index (χ3v) is 19.0. The summed E-state index contributed by atoms with van der Waals surface area (Å²) in [5.41, 5.74) is -8.88. The number of Topliss-reactive ketones (excluding diaryl/α,β-unsaturated/α-hetero) is 1. The average Bonchev–Trinajstić information content (AvgIpc) is 0.671. The predicted octanol–water partition coefficient (Wildman–Crippen LogP) is 16.7. The first-order valence-corrected chi connectivity index (χ1v) is 36.1. The first-order chi connectivity index (χ1) is 48.4. The van der Waals surface area contributed by atoms with Gasteiger partial charge in [0.1, 0.15) is 35.1 Å². The number of esters is 4. The maximum absolute atomic E-state index is 16.7. The standard InChI is InChI=1S/C85H111NO15/c1-10-12-14-16-18-20-22-24-26-28-30-32-34-36-38-40-42-44-52-58-69(87)98-67-60-68-84(94,62-96-68)75-77(100-78(91)65-56-50-47-51-57-65)85(95)61-66(97-79(92)73(89)72(64-54-48-46-49-55-64)86-80(93)101-81(4,5)6)63(3)71(82(85,7)8)74(76(90)83(67,75)9)99-70(88)59-53-45-43-41-39-37-35-33-31-29-27-25-23-21-19-17-15-13-11-2/h12-15,18-21,24-27,30-33,36-39,42-51,54-57,66-68,72-75,77,89,94-95H,10-11,16-17,22-23,28-29,34-35,40-41,52-53,58-62H2,1-9H3,(H,86,93)/b14-12-,15-13-,20-18-,21-19-,26-24-,27-25-,32-30-,33-31-,38-36-,39-37-,44-42-,45-43-. The molecule has 2 aromatic rings. The fourth-order valence-electron chi connectivity index (χ4n) is 13.5. The van der Waals surface area contributed by atoms with Gasteiger partial charge in [-0.3, -0.25) is 14.4 Å². The smallest absolute Gasteiger partial charge is 0.408 e. The molecule has 1 aliphatic heterocycles. The molecule has 3 aliphatic carbocycles. The summed E-state index contributed by atoms with van der Waals surface area (Å²) in [6.45, 7) is 15.1. The molecule has 3 fully saturated rings. The number of carbonyl (C=O) groups is 6. The van der Waals surface area contributed by atoms with E-state index >= 15 is 4.79 Å². The molecule has 2 aromatic carbocycles. The van der Waals surface area contributed by atoms with E-state index in [9.17, 15) is 39.3 Å². The number of hydrogen-bond acceptors (Lipinski definition) is 15. The highest BCUT2D eigenvalue weighted by molar-refractivity contribution is 5.96. The second-order valence-corrected chi connectivity index (χ2v) is 27.9. The number of amides is 1. The fourth-order valence-corrected chi connectivity index (χ4v) is 13.5. The molecule has 16 heteroatoms. The number of fused-ring (bicyclic) bond motifs is 5. The van der Waals surface area contributed by atoms with Crippen molar-refractivity contribution in [1.82, 2.24) is 5.32 Å². The quantitative estimate of drug-likeness (QED) is 0.0280. The largest absolute Gasteiger partial charge is 0.461 e. The summed E-state index contributed by atoms with van der Waals surface area (Å²) in [5.74, 6) is -6.23. The normalized spacial score (nSPS) is 25.3. The molecule has 0 spiro atoms. The van der Waals surface area contributed by atoms with Crippen LogP contribution in [-0.2, 0) is 47.6 Å². The molecule has 11 atom stereocenters. The number of nitrogens with one attached hydrogen (secondary N) is 1. The zero-order valence-electron chi connectivity index (χ0n) is 60.9. The van der Waals surface area contributed by atoms with E-state index in [2.05, 4.69) is 129 Å². The molecule has 4 N–H and O–H groups in total. The SMILES string of the molecule is CC/C=C\C/C=C\C/C=C\C/C=C\C/C=C\C/C=C\CCC(=O)OC1C(=O)C2(C)C(OC(=O)CC/C=C\C/C=C\C/C=C\C/C=C\C/C=C\C/C=C\CC)CC3OCC3(O)C2C(OC(=O)c2ccccc2)C2(O)CC(OC(=O)C(O)C(NC(=O)OC(C)(C)C)c3ccccc3)C(C)=C1C2(C)C. The van der Waals surface area contributed by atoms with Crippen LogP contribution in [0.4, 0.5) is 4.79 Å². The number of carbonyl (C=O) groups excluding carboxylic acids is 6. The Labute approximate surface area is 600 Å². The van der Waals surface area contributed by atoms with Gasteiger partial charge in [-0.2, -0.15) is 0 Å². The predicted molar refractivity (Wildman–Crippen MR) is 397 cm³/mol. The van der Waals surface area contributed by atoms with Crippen molar-refractivity contribution in [2.75, 3.05) is 6.61 Å². The number of benzene rings is 2. The second kappa shape index (κ2) is 41.0. The molecule has 546 valence electrons. The Hall–Kier alpha value is -8.28. The van der Waals surface area contributed by atoms with Crippen LogP contribution in [0.3, 0.4) is 0 Å². The van der Waals surface area contributed by atoms with Crippen LogP contribution in [0.2, 0.25) is 0 Å². The van der Waals surface area contributed by atoms with Gasteiger partial charge in [0.25, 0.3) is 0 Å². The molecule has 16 nitrogen and oxygen atoms in total. The first-order valence-electron chi connectivity index (χ1n) is 36.1. The molecular formula is C85H111NO15. The van der Waals surface area contributed by atoms with E-state index in [0.29, 0.717) is 18.4 Å². The number of rotatable bonds is 37. The number of aliphatic hydroxyl groups is 3. The van der Waals surface area contributed by atoms with Gasteiger partial charge in [-0.25, -0.2) is 14.4 Å². The lowest BCUT2D eigenvalue weighted by atomic mass is 9.44. The number of aliphatic hydroxyl groups excluding tert-OH is 1. The Morgan fingerprint density at radius 3 is 1.45 bits per heavy atom. The van der Waals surface area contributed by atoms with E-state index in [1.165, 1.54) is 19.1 Å². The van der Waals surface area contributed by atoms with E-state index in [-0.39, 0.29) is 48.8 Å². The van der Waals surface area contributed by atoms with Crippen molar-refractivity contribution >= 4 is 35.8 Å². The van der Waals surface area contributed by atoms with Crippen molar-refractivity contribution in [2.45, 2.75) is 237 Å². The van der Waals surface area contributed by atoms with Crippen molar-refractivity contribution in [3.05, 3.63) is 229 Å². The first kappa shape index (κ1) is 81.7. The summed E-state index contributed by atoms with van der Waals surface area (Å²) in [6.07, 6.45) is 48.7. The van der Waals surface area contributed by atoms with Crippen LogP contribution >= 0.6 is 0 Å². The lowest BCUT2D eigenvalue weighted by Gasteiger charge is -2.67. The van der Waals surface area contributed by atoms with Crippen molar-refractivity contribution in [2.24, 2.45) is 16.7 Å². The Kier molecular flexibility index (Phi) is 33.1. The third kappa shape index (κ3) is 23.6. The summed E-state index contributed by atoms with van der Waals surface area (Å²) in [5, 5.41) is 42.2. The van der Waals surface area contributed by atoms with Gasteiger partial charge in [0, 0.05) is 37.0 Å². The minimum atomic E-state index is -2.48. The van der Waals surface area contributed by atoms with E-state index in [0.717, 1.165) is 64.2 Å². The minimum Gasteiger partial charge on any atom is -0.461 e. The van der Waals surface area contributed by atoms with E-state index in [1.54, 1.807) is 90.1 Å². The van der Waals surface area contributed by atoms with Gasteiger partial charge in [-0.1, -0.05) is 222 Å². The molecule has 6 rings (SSSR count). The Morgan fingerprint density at radius 1 is 0.594 bits per heavy atom. The highest BCUT2D eigenvalue weighted by atomic mass is 16.6. The van der Waals surface area contributed by atoms with Gasteiger partial charge in [0.05, 0.1) is 29.7 Å². The number of hydrogen-bond donors (Lipinski definition) is 4. The molecule has 1 saturated heterocycles. The summed E-state index contributed by atoms with van der Waals surface area (Å²) in [6, 6.07) is 14.7. The van der Waals surface area contributed by atoms with E-state index in [4.69, 9.17) is 28.4 Å². The summed E-state index contributed by atoms with van der Waals surface area (Å²) >= 11 is 0. The number of ether oxygens (including phenoxy) is 6. The number of ketones is 1. The van der Waals surface area contributed by atoms with Crippen LogP contribution in [0.15, 0.2) is 218 Å². The summed E-state index contributed by atoms with van der Waals surface area (Å²) in [4.78, 5) is 88.6. The van der Waals surface area contributed by atoms with Crippen LogP contribution in [0.25, 0.3) is 0 Å². The summed E-state index contributed by atoms with van der Waals surface area (Å²) in [7, 11) is 0. The van der Waals surface area contributed by atoms with Crippen molar-refractivity contribution in [1.29, 1.82) is 0 Å². The van der Waals surface area contributed by atoms with Crippen molar-refractivity contribution in [3.8, 4) is 0 Å². The molecule has 11 unspecified atom stereocenters. The molecule has 0 radical (unpaired) electrons. The zero-order chi connectivity index (χ0) is 73.3. The fraction of sp³-hybridized carbons (Fsp3) is 0.482. The van der Waals surface area contributed by atoms with Crippen molar-refractivity contribution in [3.63, 3.8) is 0 Å². The Bertz CT molecular complexity index is 3430. The van der Waals surface area contributed by atoms with Gasteiger partial charge >= 0.3 is 30.0 Å². The maximum Gasteiger partial charge on any atom is 0.408 e.